The lowest BCUT2D eigenvalue weighted by Crippen LogP contribution is -2.26. The SMILES string of the molecule is COc1ccc(C2=C(C(=O)OC(C)(C)C)C(=O)c3ccc(Sc4ccccc4)nc32)cc1. The number of esters is 1. The van der Waals surface area contributed by atoms with Gasteiger partial charge in [0.15, 0.2) is 0 Å². The summed E-state index contributed by atoms with van der Waals surface area (Å²) in [7, 11) is 1.59. The van der Waals surface area contributed by atoms with Gasteiger partial charge in [-0.1, -0.05) is 42.1 Å². The molecule has 32 heavy (non-hydrogen) atoms. The van der Waals surface area contributed by atoms with E-state index in [2.05, 4.69) is 0 Å². The Morgan fingerprint density at radius 2 is 1.62 bits per heavy atom. The lowest BCUT2D eigenvalue weighted by Gasteiger charge is -2.20. The molecule has 0 unspecified atom stereocenters. The number of nitrogens with zero attached hydrogens (tertiary/aromatic N) is 1. The number of carbonyl (C=O) groups is 2. The molecule has 1 heterocycles. The molecule has 1 aliphatic rings. The lowest BCUT2D eigenvalue weighted by molar-refractivity contribution is -0.149. The van der Waals surface area contributed by atoms with Crippen molar-refractivity contribution in [2.45, 2.75) is 36.3 Å². The molecule has 3 aromatic rings. The van der Waals surface area contributed by atoms with Crippen molar-refractivity contribution in [3.63, 3.8) is 0 Å². The molecule has 0 radical (unpaired) electrons. The zero-order chi connectivity index (χ0) is 22.9. The topological polar surface area (TPSA) is 65.5 Å². The highest BCUT2D eigenvalue weighted by Gasteiger charge is 2.38. The number of aromatic nitrogens is 1. The van der Waals surface area contributed by atoms with Crippen LogP contribution in [0, 0.1) is 0 Å². The Morgan fingerprint density at radius 3 is 2.25 bits per heavy atom. The molecule has 4 rings (SSSR count). The molecule has 5 nitrogen and oxygen atoms in total. The van der Waals surface area contributed by atoms with Gasteiger partial charge in [-0.15, -0.1) is 0 Å². The lowest BCUT2D eigenvalue weighted by atomic mass is 10.0. The zero-order valence-corrected chi connectivity index (χ0v) is 19.2. The zero-order valence-electron chi connectivity index (χ0n) is 18.3. The van der Waals surface area contributed by atoms with Crippen molar-refractivity contribution in [1.82, 2.24) is 4.98 Å². The minimum absolute atomic E-state index is 0.00875. The predicted octanol–water partition coefficient (Wildman–Crippen LogP) is 5.58. The van der Waals surface area contributed by atoms with Crippen LogP contribution < -0.4 is 4.74 Å². The van der Waals surface area contributed by atoms with E-state index >= 15 is 0 Å². The van der Waals surface area contributed by atoms with Gasteiger partial charge in [-0.25, -0.2) is 9.78 Å². The normalized spacial score (nSPS) is 13.2. The standard InChI is InChI=1S/C26H23NO4S/c1-26(2,3)31-25(29)22-21(16-10-12-17(30-4)13-11-16)23-19(24(22)28)14-15-20(27-23)32-18-8-6-5-7-9-18/h5-15H,1-4H3. The Balaban J connectivity index is 1.84. The molecule has 1 aliphatic carbocycles. The van der Waals surface area contributed by atoms with Crippen LogP contribution >= 0.6 is 11.8 Å². The maximum Gasteiger partial charge on any atom is 0.343 e. The van der Waals surface area contributed by atoms with E-state index in [4.69, 9.17) is 14.5 Å². The van der Waals surface area contributed by atoms with E-state index < -0.39 is 11.6 Å². The fraction of sp³-hybridized carbons (Fsp3) is 0.192. The van der Waals surface area contributed by atoms with Gasteiger partial charge in [0.25, 0.3) is 0 Å². The fourth-order valence-corrected chi connectivity index (χ4v) is 4.22. The molecule has 6 heteroatoms. The molecular formula is C26H23NO4S. The highest BCUT2D eigenvalue weighted by molar-refractivity contribution is 7.99. The average molecular weight is 446 g/mol. The summed E-state index contributed by atoms with van der Waals surface area (Å²) in [6.45, 7) is 5.33. The molecular weight excluding hydrogens is 422 g/mol. The van der Waals surface area contributed by atoms with E-state index in [1.807, 2.05) is 42.5 Å². The summed E-state index contributed by atoms with van der Waals surface area (Å²) in [5.41, 5.74) is 1.35. The molecule has 0 saturated carbocycles. The van der Waals surface area contributed by atoms with Crippen molar-refractivity contribution in [2.75, 3.05) is 7.11 Å². The average Bonchev–Trinajstić information content (AvgIpc) is 3.05. The van der Waals surface area contributed by atoms with Crippen LogP contribution in [0.5, 0.6) is 5.75 Å². The molecule has 0 saturated heterocycles. The Bertz CT molecular complexity index is 1210. The smallest absolute Gasteiger partial charge is 0.343 e. The minimum Gasteiger partial charge on any atom is -0.497 e. The second-order valence-corrected chi connectivity index (χ2v) is 9.36. The maximum atomic E-state index is 13.3. The molecule has 2 aromatic carbocycles. The Hall–Kier alpha value is -3.38. The van der Waals surface area contributed by atoms with Crippen LogP contribution in [-0.2, 0) is 9.53 Å². The molecule has 0 aliphatic heterocycles. The van der Waals surface area contributed by atoms with Crippen molar-refractivity contribution in [2.24, 2.45) is 0 Å². The van der Waals surface area contributed by atoms with Crippen molar-refractivity contribution >= 4 is 29.1 Å². The number of hydrogen-bond donors (Lipinski definition) is 0. The quantitative estimate of drug-likeness (QED) is 0.377. The summed E-state index contributed by atoms with van der Waals surface area (Å²) < 4.78 is 10.8. The number of pyridine rings is 1. The summed E-state index contributed by atoms with van der Waals surface area (Å²) >= 11 is 1.50. The van der Waals surface area contributed by atoms with Gasteiger partial charge in [0, 0.05) is 16.0 Å². The van der Waals surface area contributed by atoms with Gasteiger partial charge in [0.05, 0.1) is 12.8 Å². The number of fused-ring (bicyclic) bond motifs is 1. The van der Waals surface area contributed by atoms with Crippen LogP contribution in [0.25, 0.3) is 5.57 Å². The number of carbonyl (C=O) groups excluding carboxylic acids is 2. The number of rotatable bonds is 5. The molecule has 162 valence electrons. The largest absolute Gasteiger partial charge is 0.497 e. The summed E-state index contributed by atoms with van der Waals surface area (Å²) in [5.74, 6) is -0.341. The number of hydrogen-bond acceptors (Lipinski definition) is 6. The van der Waals surface area contributed by atoms with Gasteiger partial charge < -0.3 is 9.47 Å². The summed E-state index contributed by atoms with van der Waals surface area (Å²) in [5, 5.41) is 0.735. The van der Waals surface area contributed by atoms with E-state index in [0.29, 0.717) is 28.1 Å². The highest BCUT2D eigenvalue weighted by atomic mass is 32.2. The van der Waals surface area contributed by atoms with Gasteiger partial charge in [-0.05, 0) is 62.7 Å². The minimum atomic E-state index is -0.730. The molecule has 0 N–H and O–H groups in total. The van der Waals surface area contributed by atoms with Crippen LogP contribution in [0.4, 0.5) is 0 Å². The monoisotopic (exact) mass is 445 g/mol. The Kier molecular flexibility index (Phi) is 5.89. The number of benzene rings is 2. The van der Waals surface area contributed by atoms with E-state index in [-0.39, 0.29) is 11.4 Å². The highest BCUT2D eigenvalue weighted by Crippen LogP contribution is 2.39. The van der Waals surface area contributed by atoms with Gasteiger partial charge in [0.1, 0.15) is 21.9 Å². The first-order valence-corrected chi connectivity index (χ1v) is 11.0. The summed E-state index contributed by atoms with van der Waals surface area (Å²) in [6.07, 6.45) is 0. The van der Waals surface area contributed by atoms with Gasteiger partial charge in [0.2, 0.25) is 5.78 Å². The first-order valence-electron chi connectivity index (χ1n) is 10.2. The maximum absolute atomic E-state index is 13.3. The van der Waals surface area contributed by atoms with Crippen LogP contribution in [0.3, 0.4) is 0 Å². The summed E-state index contributed by atoms with van der Waals surface area (Å²) in [4.78, 5) is 32.1. The van der Waals surface area contributed by atoms with Crippen LogP contribution in [0.15, 0.2) is 82.2 Å². The third-order valence-electron chi connectivity index (χ3n) is 4.78. The predicted molar refractivity (Wildman–Crippen MR) is 124 cm³/mol. The van der Waals surface area contributed by atoms with Crippen molar-refractivity contribution in [3.05, 3.63) is 89.1 Å². The first kappa shape index (κ1) is 21.8. The van der Waals surface area contributed by atoms with Crippen LogP contribution in [0.2, 0.25) is 0 Å². The second kappa shape index (κ2) is 8.63. The molecule has 0 amide bonds. The van der Waals surface area contributed by atoms with Crippen molar-refractivity contribution in [3.8, 4) is 5.75 Å². The Labute approximate surface area is 191 Å². The van der Waals surface area contributed by atoms with E-state index in [9.17, 15) is 9.59 Å². The van der Waals surface area contributed by atoms with E-state index in [0.717, 1.165) is 9.92 Å². The van der Waals surface area contributed by atoms with Crippen molar-refractivity contribution < 1.29 is 19.1 Å². The first-order chi connectivity index (χ1) is 15.3. The second-order valence-electron chi connectivity index (χ2n) is 8.27. The number of ketones is 1. The molecule has 0 fully saturated rings. The molecule has 0 spiro atoms. The third kappa shape index (κ3) is 4.46. The fourth-order valence-electron chi connectivity index (χ4n) is 3.41. The third-order valence-corrected chi connectivity index (χ3v) is 5.72. The van der Waals surface area contributed by atoms with Gasteiger partial charge in [-0.2, -0.15) is 0 Å². The molecule has 0 bridgehead atoms. The van der Waals surface area contributed by atoms with Crippen molar-refractivity contribution in [1.29, 1.82) is 0 Å². The summed E-state index contributed by atoms with van der Waals surface area (Å²) in [6, 6.07) is 20.6. The number of ether oxygens (including phenoxy) is 2. The van der Waals surface area contributed by atoms with Gasteiger partial charge in [-0.3, -0.25) is 4.79 Å². The molecule has 0 atom stereocenters. The van der Waals surface area contributed by atoms with E-state index in [1.54, 1.807) is 52.1 Å². The number of Topliss-reactive ketones (excluding diaryl/α,β-unsaturated/α-hetero) is 1. The van der Waals surface area contributed by atoms with Crippen LogP contribution in [-0.4, -0.2) is 29.4 Å². The molecule has 1 aromatic heterocycles. The van der Waals surface area contributed by atoms with Crippen LogP contribution in [0.1, 0.15) is 42.4 Å². The Morgan fingerprint density at radius 1 is 0.938 bits per heavy atom. The van der Waals surface area contributed by atoms with E-state index in [1.165, 1.54) is 11.8 Å². The van der Waals surface area contributed by atoms with Gasteiger partial charge >= 0.3 is 5.97 Å². The number of methoxy groups -OCH3 is 1.